The van der Waals surface area contributed by atoms with E-state index in [0.29, 0.717) is 5.92 Å². The van der Waals surface area contributed by atoms with Gasteiger partial charge in [-0.15, -0.1) is 0 Å². The monoisotopic (exact) mass is 314 g/mol. The summed E-state index contributed by atoms with van der Waals surface area (Å²) in [5, 5.41) is 0. The van der Waals surface area contributed by atoms with Crippen LogP contribution in [0.25, 0.3) is 5.57 Å². The third kappa shape index (κ3) is 1.73. The Bertz CT molecular complexity index is 819. The summed E-state index contributed by atoms with van der Waals surface area (Å²) in [6.07, 6.45) is -1.97. The molecule has 2 aromatic rings. The number of halogens is 3. The van der Waals surface area contributed by atoms with Gasteiger partial charge in [0, 0.05) is 11.8 Å². The molecule has 2 bridgehead atoms. The van der Waals surface area contributed by atoms with Crippen molar-refractivity contribution in [2.24, 2.45) is 11.8 Å². The molecule has 2 heterocycles. The molecule has 4 unspecified atom stereocenters. The van der Waals surface area contributed by atoms with Gasteiger partial charge in [-0.1, -0.05) is 42.5 Å². The van der Waals surface area contributed by atoms with Crippen LogP contribution in [-0.2, 0) is 10.9 Å². The van der Waals surface area contributed by atoms with Crippen molar-refractivity contribution in [3.63, 3.8) is 0 Å². The number of fused-ring (bicyclic) bond motifs is 8. The fourth-order valence-corrected chi connectivity index (χ4v) is 4.20. The van der Waals surface area contributed by atoms with E-state index in [9.17, 15) is 13.2 Å². The summed E-state index contributed by atoms with van der Waals surface area (Å²) in [6, 6.07) is 13.7. The molecule has 0 N–H and O–H groups in total. The lowest BCUT2D eigenvalue weighted by atomic mass is 9.63. The Hall–Kier alpha value is -2.07. The van der Waals surface area contributed by atoms with Crippen LogP contribution in [0.1, 0.15) is 34.5 Å². The zero-order valence-electron chi connectivity index (χ0n) is 12.0. The fourth-order valence-electron chi connectivity index (χ4n) is 4.20. The topological polar surface area (TPSA) is 9.23 Å². The molecular weight excluding hydrogens is 301 g/mol. The Balaban J connectivity index is 1.48. The summed E-state index contributed by atoms with van der Waals surface area (Å²) in [5.74, 6) is 0.624. The lowest BCUT2D eigenvalue weighted by Crippen LogP contribution is -2.29. The average Bonchev–Trinajstić information content (AvgIpc) is 2.99. The van der Waals surface area contributed by atoms with Crippen LogP contribution in [0.15, 0.2) is 54.6 Å². The Labute approximate surface area is 131 Å². The van der Waals surface area contributed by atoms with Crippen LogP contribution in [0.3, 0.4) is 0 Å². The molecule has 1 nitrogen and oxygen atoms in total. The van der Waals surface area contributed by atoms with E-state index in [1.54, 1.807) is 12.1 Å². The summed E-state index contributed by atoms with van der Waals surface area (Å²) in [5.41, 5.74) is 3.88. The van der Waals surface area contributed by atoms with Crippen molar-refractivity contribution >= 4 is 5.57 Å². The molecule has 2 aliphatic heterocycles. The maximum Gasteiger partial charge on any atom is 0.416 e. The van der Waals surface area contributed by atoms with Gasteiger partial charge in [0.25, 0.3) is 0 Å². The highest BCUT2D eigenvalue weighted by Gasteiger charge is 2.56. The van der Waals surface area contributed by atoms with Crippen LogP contribution >= 0.6 is 0 Å². The van der Waals surface area contributed by atoms with E-state index in [0.717, 1.165) is 23.3 Å². The van der Waals surface area contributed by atoms with Crippen LogP contribution in [0.4, 0.5) is 13.2 Å². The van der Waals surface area contributed by atoms with E-state index in [4.69, 9.17) is 4.74 Å². The van der Waals surface area contributed by atoms with Crippen LogP contribution in [0.2, 0.25) is 0 Å². The Morgan fingerprint density at radius 1 is 0.826 bits per heavy atom. The van der Waals surface area contributed by atoms with Gasteiger partial charge >= 0.3 is 6.18 Å². The van der Waals surface area contributed by atoms with Crippen LogP contribution in [0, 0.1) is 11.8 Å². The first-order valence-corrected chi connectivity index (χ1v) is 7.68. The predicted molar refractivity (Wildman–Crippen MR) is 79.4 cm³/mol. The van der Waals surface area contributed by atoms with Crippen LogP contribution in [-0.4, -0.2) is 0 Å². The smallest absolute Gasteiger partial charge is 0.364 e. The second-order valence-electron chi connectivity index (χ2n) is 6.41. The summed E-state index contributed by atoms with van der Waals surface area (Å²) >= 11 is 0. The lowest BCUT2D eigenvalue weighted by molar-refractivity contribution is -0.137. The third-order valence-electron chi connectivity index (χ3n) is 5.27. The third-order valence-corrected chi connectivity index (χ3v) is 5.27. The molecule has 116 valence electrons. The van der Waals surface area contributed by atoms with Crippen molar-refractivity contribution < 1.29 is 17.9 Å². The summed E-state index contributed by atoms with van der Waals surface area (Å²) < 4.78 is 44.2. The second kappa shape index (κ2) is 4.26. The molecule has 5 rings (SSSR count). The number of alkyl halides is 3. The number of benzene rings is 2. The van der Waals surface area contributed by atoms with E-state index in [1.807, 2.05) is 12.1 Å². The molecule has 0 amide bonds. The largest absolute Gasteiger partial charge is 0.416 e. The molecule has 0 radical (unpaired) electrons. The molecule has 2 aromatic carbocycles. The highest BCUT2D eigenvalue weighted by Crippen LogP contribution is 2.65. The van der Waals surface area contributed by atoms with Crippen molar-refractivity contribution in [2.45, 2.75) is 18.4 Å². The molecule has 1 saturated heterocycles. The van der Waals surface area contributed by atoms with Crippen molar-refractivity contribution in [3.8, 4) is 0 Å². The first kappa shape index (κ1) is 13.4. The van der Waals surface area contributed by atoms with Gasteiger partial charge in [0.05, 0.1) is 17.8 Å². The SMILES string of the molecule is FC(F)(F)c1ccc(C2=CC3C4OC(c5ccccc54)C23)cc1. The van der Waals surface area contributed by atoms with Crippen LogP contribution < -0.4 is 0 Å². The zero-order chi connectivity index (χ0) is 15.8. The first-order valence-electron chi connectivity index (χ1n) is 7.68. The molecule has 4 atom stereocenters. The van der Waals surface area contributed by atoms with Gasteiger partial charge in [0.2, 0.25) is 0 Å². The van der Waals surface area contributed by atoms with Gasteiger partial charge in [-0.3, -0.25) is 0 Å². The first-order chi connectivity index (χ1) is 11.0. The highest BCUT2D eigenvalue weighted by atomic mass is 19.4. The summed E-state index contributed by atoms with van der Waals surface area (Å²) in [4.78, 5) is 0. The van der Waals surface area contributed by atoms with E-state index in [1.165, 1.54) is 11.1 Å². The van der Waals surface area contributed by atoms with E-state index < -0.39 is 11.7 Å². The fraction of sp³-hybridized carbons (Fsp3) is 0.263. The molecule has 0 aromatic heterocycles. The van der Waals surface area contributed by atoms with Gasteiger partial charge in [0.15, 0.2) is 0 Å². The van der Waals surface area contributed by atoms with Gasteiger partial charge in [-0.2, -0.15) is 13.2 Å². The van der Waals surface area contributed by atoms with Crippen LogP contribution in [0.5, 0.6) is 0 Å². The van der Waals surface area contributed by atoms with Crippen molar-refractivity contribution in [2.75, 3.05) is 0 Å². The molecule has 1 fully saturated rings. The molecule has 0 spiro atoms. The quantitative estimate of drug-likeness (QED) is 0.706. The second-order valence-corrected chi connectivity index (χ2v) is 6.41. The lowest BCUT2D eigenvalue weighted by Gasteiger charge is -2.38. The Kier molecular flexibility index (Phi) is 2.48. The maximum absolute atomic E-state index is 12.7. The summed E-state index contributed by atoms with van der Waals surface area (Å²) in [7, 11) is 0. The minimum atomic E-state index is -4.29. The maximum atomic E-state index is 12.7. The molecule has 23 heavy (non-hydrogen) atoms. The van der Waals surface area contributed by atoms with E-state index in [-0.39, 0.29) is 18.1 Å². The molecule has 4 heteroatoms. The van der Waals surface area contributed by atoms with Crippen molar-refractivity contribution in [3.05, 3.63) is 76.9 Å². The van der Waals surface area contributed by atoms with Gasteiger partial charge in [-0.25, -0.2) is 0 Å². The minimum Gasteiger partial charge on any atom is -0.364 e. The standard InChI is InChI=1S/C19H13F3O/c20-19(21,22)11-7-5-10(6-8-11)14-9-15-16(14)18-13-4-2-1-3-12(13)17(15)23-18/h1-9,15-18H. The highest BCUT2D eigenvalue weighted by molar-refractivity contribution is 5.76. The molecule has 1 aliphatic carbocycles. The van der Waals surface area contributed by atoms with Gasteiger partial charge < -0.3 is 4.74 Å². The zero-order valence-corrected chi connectivity index (χ0v) is 12.0. The predicted octanol–water partition coefficient (Wildman–Crippen LogP) is 5.16. The van der Waals surface area contributed by atoms with Crippen molar-refractivity contribution in [1.29, 1.82) is 0 Å². The minimum absolute atomic E-state index is 0.0449. The summed E-state index contributed by atoms with van der Waals surface area (Å²) in [6.45, 7) is 0. The van der Waals surface area contributed by atoms with E-state index >= 15 is 0 Å². The molecule has 0 saturated carbocycles. The number of hydrogen-bond acceptors (Lipinski definition) is 1. The Morgan fingerprint density at radius 2 is 1.48 bits per heavy atom. The van der Waals surface area contributed by atoms with Crippen molar-refractivity contribution in [1.82, 2.24) is 0 Å². The number of hydrogen-bond donors (Lipinski definition) is 0. The van der Waals surface area contributed by atoms with Gasteiger partial charge in [-0.05, 0) is 34.4 Å². The number of ether oxygens (including phenoxy) is 1. The average molecular weight is 314 g/mol. The van der Waals surface area contributed by atoms with Gasteiger partial charge in [0.1, 0.15) is 0 Å². The normalized spacial score (nSPS) is 30.5. The molecule has 3 aliphatic rings. The van der Waals surface area contributed by atoms with E-state index in [2.05, 4.69) is 18.2 Å². The molecular formula is C19H13F3O. The Morgan fingerprint density at radius 3 is 2.13 bits per heavy atom. The number of rotatable bonds is 1.